The lowest BCUT2D eigenvalue weighted by atomic mass is 9.95. The van der Waals surface area contributed by atoms with Crippen LogP contribution in [0, 0.1) is 0 Å². The summed E-state index contributed by atoms with van der Waals surface area (Å²) in [7, 11) is 0. The number of halogens is 1. The highest BCUT2D eigenvalue weighted by Gasteiger charge is 2.28. The lowest BCUT2D eigenvalue weighted by molar-refractivity contribution is -0.116. The van der Waals surface area contributed by atoms with Crippen LogP contribution < -0.4 is 5.32 Å². The fourth-order valence-electron chi connectivity index (χ4n) is 1.93. The van der Waals surface area contributed by atoms with Crippen LogP contribution in [-0.2, 0) is 11.2 Å². The lowest BCUT2D eigenvalue weighted by Gasteiger charge is -2.08. The van der Waals surface area contributed by atoms with E-state index in [1.165, 1.54) is 11.1 Å². The number of rotatable bonds is 2. The molecule has 0 bridgehead atoms. The number of fused-ring (bicyclic) bond motifs is 1. The topological polar surface area (TPSA) is 29.1 Å². The normalized spacial score (nSPS) is 19.3. The van der Waals surface area contributed by atoms with E-state index in [4.69, 9.17) is 0 Å². The Labute approximate surface area is 91.8 Å². The first kappa shape index (κ1) is 9.71. The summed E-state index contributed by atoms with van der Waals surface area (Å²) in [6.07, 6.45) is 0.975. The van der Waals surface area contributed by atoms with Gasteiger partial charge in [0.1, 0.15) is 0 Å². The molecule has 0 aromatic heterocycles. The van der Waals surface area contributed by atoms with Crippen LogP contribution >= 0.6 is 15.9 Å². The van der Waals surface area contributed by atoms with Gasteiger partial charge in [-0.15, -0.1) is 0 Å². The Hall–Kier alpha value is -0.830. The predicted molar refractivity (Wildman–Crippen MR) is 61.0 cm³/mol. The zero-order valence-corrected chi connectivity index (χ0v) is 9.60. The maximum Gasteiger partial charge on any atom is 0.231 e. The van der Waals surface area contributed by atoms with Gasteiger partial charge < -0.3 is 5.32 Å². The standard InChI is InChI=1S/C11H12BrNO/c1-7-10-8(5-6-12)3-2-4-9(10)13-11(7)14/h2-4,7H,5-6H2,1H3,(H,13,14). The Morgan fingerprint density at radius 2 is 2.29 bits per heavy atom. The van der Waals surface area contributed by atoms with Crippen molar-refractivity contribution in [3.05, 3.63) is 29.3 Å². The Balaban J connectivity index is 2.47. The van der Waals surface area contributed by atoms with Gasteiger partial charge >= 0.3 is 0 Å². The second kappa shape index (κ2) is 3.73. The third kappa shape index (κ3) is 1.46. The van der Waals surface area contributed by atoms with Crippen molar-refractivity contribution in [2.75, 3.05) is 10.6 Å². The van der Waals surface area contributed by atoms with Crippen LogP contribution in [0.15, 0.2) is 18.2 Å². The van der Waals surface area contributed by atoms with Gasteiger partial charge in [-0.05, 0) is 30.5 Å². The molecule has 0 saturated carbocycles. The van der Waals surface area contributed by atoms with Gasteiger partial charge in [-0.2, -0.15) is 0 Å². The maximum atomic E-state index is 11.5. The van der Waals surface area contributed by atoms with Crippen molar-refractivity contribution >= 4 is 27.5 Å². The van der Waals surface area contributed by atoms with Crippen molar-refractivity contribution in [1.29, 1.82) is 0 Å². The monoisotopic (exact) mass is 253 g/mol. The zero-order chi connectivity index (χ0) is 10.1. The molecule has 1 aromatic rings. The molecule has 1 N–H and O–H groups in total. The van der Waals surface area contributed by atoms with Gasteiger partial charge in [-0.25, -0.2) is 0 Å². The highest BCUT2D eigenvalue weighted by molar-refractivity contribution is 9.09. The Bertz CT molecular complexity index is 376. The van der Waals surface area contributed by atoms with E-state index < -0.39 is 0 Å². The average Bonchev–Trinajstić information content (AvgIpc) is 2.45. The van der Waals surface area contributed by atoms with Crippen molar-refractivity contribution in [2.24, 2.45) is 0 Å². The van der Waals surface area contributed by atoms with Crippen molar-refractivity contribution in [2.45, 2.75) is 19.3 Å². The van der Waals surface area contributed by atoms with Crippen LogP contribution in [0.3, 0.4) is 0 Å². The number of hydrogen-bond acceptors (Lipinski definition) is 1. The summed E-state index contributed by atoms with van der Waals surface area (Å²) >= 11 is 3.42. The molecular weight excluding hydrogens is 242 g/mol. The van der Waals surface area contributed by atoms with Crippen LogP contribution in [0.1, 0.15) is 24.0 Å². The third-order valence-electron chi connectivity index (χ3n) is 2.64. The Morgan fingerprint density at radius 1 is 1.50 bits per heavy atom. The first-order valence-corrected chi connectivity index (χ1v) is 5.85. The van der Waals surface area contributed by atoms with Crippen LogP contribution in [0.25, 0.3) is 0 Å². The van der Waals surface area contributed by atoms with Crippen molar-refractivity contribution in [1.82, 2.24) is 0 Å². The molecule has 3 heteroatoms. The molecule has 0 spiro atoms. The van der Waals surface area contributed by atoms with E-state index in [0.29, 0.717) is 0 Å². The number of aryl methyl sites for hydroxylation is 1. The van der Waals surface area contributed by atoms with Gasteiger partial charge in [0.2, 0.25) is 5.91 Å². The quantitative estimate of drug-likeness (QED) is 0.808. The minimum absolute atomic E-state index is 0.000231. The summed E-state index contributed by atoms with van der Waals surface area (Å²) in [5.41, 5.74) is 3.43. The van der Waals surface area contributed by atoms with Crippen molar-refractivity contribution in [3.8, 4) is 0 Å². The highest BCUT2D eigenvalue weighted by atomic mass is 79.9. The SMILES string of the molecule is CC1C(=O)Nc2cccc(CCBr)c21. The summed E-state index contributed by atoms with van der Waals surface area (Å²) in [5.74, 6) is 0.113. The minimum Gasteiger partial charge on any atom is -0.325 e. The number of carbonyl (C=O) groups excluding carboxylic acids is 1. The van der Waals surface area contributed by atoms with E-state index >= 15 is 0 Å². The lowest BCUT2D eigenvalue weighted by Crippen LogP contribution is -2.08. The molecular formula is C11H12BrNO. The first-order chi connectivity index (χ1) is 6.74. The number of hydrogen-bond donors (Lipinski definition) is 1. The molecule has 1 aromatic carbocycles. The Morgan fingerprint density at radius 3 is 3.00 bits per heavy atom. The van der Waals surface area contributed by atoms with Gasteiger partial charge in [0.15, 0.2) is 0 Å². The number of alkyl halides is 1. The molecule has 0 fully saturated rings. The molecule has 1 unspecified atom stereocenters. The molecule has 0 saturated heterocycles. The molecule has 1 atom stereocenters. The van der Waals surface area contributed by atoms with E-state index in [9.17, 15) is 4.79 Å². The molecule has 1 amide bonds. The largest absolute Gasteiger partial charge is 0.325 e. The van der Waals surface area contributed by atoms with Gasteiger partial charge in [0, 0.05) is 11.0 Å². The zero-order valence-electron chi connectivity index (χ0n) is 8.01. The molecule has 14 heavy (non-hydrogen) atoms. The van der Waals surface area contributed by atoms with E-state index in [0.717, 1.165) is 17.4 Å². The number of amides is 1. The van der Waals surface area contributed by atoms with Crippen LogP contribution in [0.5, 0.6) is 0 Å². The summed E-state index contributed by atoms with van der Waals surface area (Å²) in [4.78, 5) is 11.5. The number of carbonyl (C=O) groups is 1. The summed E-state index contributed by atoms with van der Waals surface area (Å²) < 4.78 is 0. The van der Waals surface area contributed by atoms with Gasteiger partial charge in [-0.3, -0.25) is 4.79 Å². The van der Waals surface area contributed by atoms with E-state index in [2.05, 4.69) is 27.3 Å². The van der Waals surface area contributed by atoms with Crippen molar-refractivity contribution in [3.63, 3.8) is 0 Å². The number of benzene rings is 1. The fourth-order valence-corrected chi connectivity index (χ4v) is 2.35. The van der Waals surface area contributed by atoms with Crippen molar-refractivity contribution < 1.29 is 4.79 Å². The molecule has 1 aliphatic heterocycles. The molecule has 0 radical (unpaired) electrons. The molecule has 1 heterocycles. The summed E-state index contributed by atoms with van der Waals surface area (Å²) in [6, 6.07) is 6.06. The van der Waals surface area contributed by atoms with Gasteiger partial charge in [0.25, 0.3) is 0 Å². The molecule has 74 valence electrons. The Kier molecular flexibility index (Phi) is 2.59. The second-order valence-corrected chi connectivity index (χ2v) is 4.32. The highest BCUT2D eigenvalue weighted by Crippen LogP contribution is 2.35. The molecule has 0 aliphatic carbocycles. The smallest absolute Gasteiger partial charge is 0.231 e. The average molecular weight is 254 g/mol. The van der Waals surface area contributed by atoms with Crippen LogP contribution in [-0.4, -0.2) is 11.2 Å². The molecule has 1 aliphatic rings. The fraction of sp³-hybridized carbons (Fsp3) is 0.364. The maximum absolute atomic E-state index is 11.5. The first-order valence-electron chi connectivity index (χ1n) is 4.72. The third-order valence-corrected chi connectivity index (χ3v) is 3.04. The van der Waals surface area contributed by atoms with Gasteiger partial charge in [0.05, 0.1) is 5.92 Å². The molecule has 2 rings (SSSR count). The van der Waals surface area contributed by atoms with E-state index in [1.54, 1.807) is 0 Å². The summed E-state index contributed by atoms with van der Waals surface area (Å²) in [6.45, 7) is 1.96. The number of anilines is 1. The predicted octanol–water partition coefficient (Wildman–Crippen LogP) is 2.68. The van der Waals surface area contributed by atoms with E-state index in [1.807, 2.05) is 19.1 Å². The van der Waals surface area contributed by atoms with E-state index in [-0.39, 0.29) is 11.8 Å². The summed E-state index contributed by atoms with van der Waals surface area (Å²) in [5, 5.41) is 3.83. The van der Waals surface area contributed by atoms with Crippen LogP contribution in [0.2, 0.25) is 0 Å². The second-order valence-electron chi connectivity index (χ2n) is 3.53. The van der Waals surface area contributed by atoms with Crippen LogP contribution in [0.4, 0.5) is 5.69 Å². The van der Waals surface area contributed by atoms with Gasteiger partial charge in [-0.1, -0.05) is 28.1 Å². The molecule has 2 nitrogen and oxygen atoms in total. The number of nitrogens with one attached hydrogen (secondary N) is 1. The minimum atomic E-state index is 0.000231.